The summed E-state index contributed by atoms with van der Waals surface area (Å²) < 4.78 is 2.48. The Morgan fingerprint density at radius 1 is 0.914 bits per heavy atom. The minimum absolute atomic E-state index is 0. The molecule has 35 heavy (non-hydrogen) atoms. The highest BCUT2D eigenvalue weighted by molar-refractivity contribution is 8.93. The molecule has 2 saturated heterocycles. The maximum Gasteiger partial charge on any atom is 0.337 e. The van der Waals surface area contributed by atoms with E-state index in [0.29, 0.717) is 23.6 Å². The number of aromatic nitrogens is 5. The van der Waals surface area contributed by atoms with Gasteiger partial charge in [-0.15, -0.1) is 17.0 Å². The van der Waals surface area contributed by atoms with Gasteiger partial charge in [0, 0.05) is 38.4 Å². The third-order valence-corrected chi connectivity index (χ3v) is 6.84. The van der Waals surface area contributed by atoms with E-state index in [-0.39, 0.29) is 34.0 Å². The predicted octanol–water partition coefficient (Wildman–Crippen LogP) is 2.09. The highest BCUT2D eigenvalue weighted by Gasteiger charge is 2.41. The Kier molecular flexibility index (Phi) is 5.89. The highest BCUT2D eigenvalue weighted by atomic mass is 79.9. The average Bonchev–Trinajstić information content (AvgIpc) is 3.44. The van der Waals surface area contributed by atoms with E-state index in [1.165, 1.54) is 24.2 Å². The Hall–Kier alpha value is -3.57. The second kappa shape index (κ2) is 8.90. The van der Waals surface area contributed by atoms with Gasteiger partial charge < -0.3 is 10.2 Å². The maximum absolute atomic E-state index is 12.9. The van der Waals surface area contributed by atoms with E-state index >= 15 is 0 Å². The van der Waals surface area contributed by atoms with Crippen molar-refractivity contribution in [3.63, 3.8) is 0 Å². The minimum atomic E-state index is -0.471. The lowest BCUT2D eigenvalue weighted by molar-refractivity contribution is 0.292. The van der Waals surface area contributed by atoms with Gasteiger partial charge in [0.25, 0.3) is 5.56 Å². The van der Waals surface area contributed by atoms with Gasteiger partial charge >= 0.3 is 5.69 Å². The summed E-state index contributed by atoms with van der Waals surface area (Å²) >= 11 is 0. The Balaban J connectivity index is 0.00000253. The molecule has 6 rings (SSSR count). The number of rotatable bonds is 4. The molecule has 2 aliphatic rings. The van der Waals surface area contributed by atoms with Gasteiger partial charge in [0.1, 0.15) is 11.2 Å². The fourth-order valence-corrected chi connectivity index (χ4v) is 5.00. The van der Waals surface area contributed by atoms with E-state index in [9.17, 15) is 9.59 Å². The number of likely N-dealkylation sites (tertiary alicyclic amines) is 1. The lowest BCUT2D eigenvalue weighted by Crippen LogP contribution is -2.44. The van der Waals surface area contributed by atoms with E-state index in [1.807, 2.05) is 36.5 Å². The summed E-state index contributed by atoms with van der Waals surface area (Å²) in [6, 6.07) is 14.2. The third-order valence-electron chi connectivity index (χ3n) is 6.84. The van der Waals surface area contributed by atoms with Crippen molar-refractivity contribution in [2.75, 3.05) is 30.4 Å². The van der Waals surface area contributed by atoms with Crippen LogP contribution in [0.4, 0.5) is 17.5 Å². The molecule has 10 nitrogen and oxygen atoms in total. The van der Waals surface area contributed by atoms with Crippen molar-refractivity contribution in [2.24, 2.45) is 7.05 Å². The fourth-order valence-electron chi connectivity index (χ4n) is 5.00. The van der Waals surface area contributed by atoms with Crippen molar-refractivity contribution < 1.29 is 0 Å². The Labute approximate surface area is 211 Å². The molecule has 0 saturated carbocycles. The number of nitrogens with one attached hydrogen (secondary N) is 1. The number of hydrogen-bond donors (Lipinski definition) is 1. The topological polar surface area (TPSA) is 101 Å². The molecule has 0 amide bonds. The van der Waals surface area contributed by atoms with Crippen LogP contribution in [0.25, 0.3) is 16.7 Å². The SMILES string of the molecule is Br.CN1CC2CC1CN2c1ccc(Nc2ncc3c(=O)n(C)c(=O)n(-c4ccccc4)c3n2)nc1. The second-order valence-electron chi connectivity index (χ2n) is 8.91. The van der Waals surface area contributed by atoms with Crippen LogP contribution in [0.2, 0.25) is 0 Å². The average molecular weight is 537 g/mol. The Morgan fingerprint density at radius 3 is 2.37 bits per heavy atom. The summed E-state index contributed by atoms with van der Waals surface area (Å²) in [5.74, 6) is 0.842. The van der Waals surface area contributed by atoms with E-state index in [2.05, 4.69) is 37.1 Å². The predicted molar refractivity (Wildman–Crippen MR) is 140 cm³/mol. The number of para-hydroxylation sites is 1. The quantitative estimate of drug-likeness (QED) is 0.423. The second-order valence-corrected chi connectivity index (χ2v) is 8.91. The largest absolute Gasteiger partial charge is 0.364 e. The van der Waals surface area contributed by atoms with E-state index < -0.39 is 11.2 Å². The van der Waals surface area contributed by atoms with Gasteiger partial charge in [0.05, 0.1) is 17.6 Å². The number of hydrogen-bond acceptors (Lipinski definition) is 8. The van der Waals surface area contributed by atoms with Gasteiger partial charge in [-0.2, -0.15) is 4.98 Å². The molecule has 4 aromatic rings. The molecule has 2 unspecified atom stereocenters. The summed E-state index contributed by atoms with van der Waals surface area (Å²) in [5, 5.41) is 3.36. The van der Waals surface area contributed by atoms with Crippen molar-refractivity contribution in [3.05, 3.63) is 75.7 Å². The first-order chi connectivity index (χ1) is 16.5. The van der Waals surface area contributed by atoms with E-state index in [4.69, 9.17) is 0 Å². The van der Waals surface area contributed by atoms with Crippen molar-refractivity contribution in [1.29, 1.82) is 0 Å². The summed E-state index contributed by atoms with van der Waals surface area (Å²) in [5.41, 5.74) is 1.05. The first kappa shape index (κ1) is 23.2. The van der Waals surface area contributed by atoms with Crippen LogP contribution >= 0.6 is 17.0 Å². The molecular formula is C24H25BrN8O2. The first-order valence-electron chi connectivity index (χ1n) is 11.2. The molecule has 1 N–H and O–H groups in total. The van der Waals surface area contributed by atoms with Crippen molar-refractivity contribution >= 4 is 45.5 Å². The molecule has 2 aliphatic heterocycles. The molecule has 0 spiro atoms. The molecule has 180 valence electrons. The van der Waals surface area contributed by atoms with Crippen LogP contribution < -0.4 is 21.5 Å². The summed E-state index contributed by atoms with van der Waals surface area (Å²) in [4.78, 5) is 43.8. The van der Waals surface area contributed by atoms with Gasteiger partial charge in [-0.25, -0.2) is 19.3 Å². The highest BCUT2D eigenvalue weighted by Crippen LogP contribution is 2.33. The monoisotopic (exact) mass is 536 g/mol. The number of anilines is 3. The van der Waals surface area contributed by atoms with Crippen LogP contribution in [0.15, 0.2) is 64.4 Å². The van der Waals surface area contributed by atoms with Crippen molar-refractivity contribution in [1.82, 2.24) is 29.0 Å². The molecule has 2 atom stereocenters. The molecule has 2 bridgehead atoms. The molecule has 5 heterocycles. The molecule has 1 aromatic carbocycles. The molecule has 0 aliphatic carbocycles. The summed E-state index contributed by atoms with van der Waals surface area (Å²) in [6.45, 7) is 2.10. The van der Waals surface area contributed by atoms with Crippen molar-refractivity contribution in [3.8, 4) is 5.69 Å². The minimum Gasteiger partial charge on any atom is -0.364 e. The van der Waals surface area contributed by atoms with Gasteiger partial charge in [0.15, 0.2) is 5.65 Å². The molecule has 3 aromatic heterocycles. The Morgan fingerprint density at radius 2 is 1.71 bits per heavy atom. The molecule has 0 radical (unpaired) electrons. The zero-order valence-corrected chi connectivity index (χ0v) is 21.0. The number of nitrogens with zero attached hydrogens (tertiary/aromatic N) is 7. The maximum atomic E-state index is 12.9. The summed E-state index contributed by atoms with van der Waals surface area (Å²) in [6.07, 6.45) is 4.50. The van der Waals surface area contributed by atoms with Gasteiger partial charge in [-0.3, -0.25) is 14.3 Å². The zero-order valence-electron chi connectivity index (χ0n) is 19.3. The standard InChI is InChI=1S/C24H24N8O2.BrH/c1-29-13-18-10-17(29)14-31(18)16-8-9-20(25-11-16)27-23-26-12-19-21(28-23)32(15-6-4-3-5-7-15)24(34)30(2)22(19)33;/h3-9,11-12,17-18H,10,13-14H2,1-2H3,(H,25,26,27,28);1H. The van der Waals surface area contributed by atoms with Gasteiger partial charge in [-0.1, -0.05) is 18.2 Å². The number of likely N-dealkylation sites (N-methyl/N-ethyl adjacent to an activating group) is 1. The van der Waals surface area contributed by atoms with Gasteiger partial charge in [0.2, 0.25) is 5.95 Å². The van der Waals surface area contributed by atoms with Crippen LogP contribution in [-0.4, -0.2) is 61.2 Å². The van der Waals surface area contributed by atoms with E-state index in [0.717, 1.165) is 23.3 Å². The smallest absolute Gasteiger partial charge is 0.337 e. The number of halogens is 1. The Bertz CT molecular complexity index is 1500. The molecular weight excluding hydrogens is 512 g/mol. The van der Waals surface area contributed by atoms with Crippen LogP contribution in [0.3, 0.4) is 0 Å². The number of fused-ring (bicyclic) bond motifs is 3. The fraction of sp³-hybridized carbons (Fsp3) is 0.292. The summed E-state index contributed by atoms with van der Waals surface area (Å²) in [7, 11) is 3.63. The number of benzene rings is 1. The zero-order chi connectivity index (χ0) is 23.4. The lowest BCUT2D eigenvalue weighted by Gasteiger charge is -2.33. The van der Waals surface area contributed by atoms with Crippen LogP contribution in [0.1, 0.15) is 6.42 Å². The van der Waals surface area contributed by atoms with Crippen molar-refractivity contribution in [2.45, 2.75) is 18.5 Å². The molecule has 11 heteroatoms. The third kappa shape index (κ3) is 3.90. The van der Waals surface area contributed by atoms with Crippen LogP contribution in [0, 0.1) is 0 Å². The van der Waals surface area contributed by atoms with E-state index in [1.54, 1.807) is 12.1 Å². The number of piperazine rings is 1. The molecule has 2 fully saturated rings. The number of pyridine rings is 1. The van der Waals surface area contributed by atoms with Crippen LogP contribution in [0.5, 0.6) is 0 Å². The van der Waals surface area contributed by atoms with Crippen LogP contribution in [-0.2, 0) is 7.05 Å². The van der Waals surface area contributed by atoms with Gasteiger partial charge in [-0.05, 0) is 37.7 Å². The first-order valence-corrected chi connectivity index (χ1v) is 11.2. The lowest BCUT2D eigenvalue weighted by atomic mass is 10.2. The normalized spacial score (nSPS) is 19.2.